The van der Waals surface area contributed by atoms with Crippen LogP contribution in [0.15, 0.2) is 24.4 Å². The number of nitrogens with zero attached hydrogens (tertiary/aromatic N) is 2. The maximum Gasteiger partial charge on any atom is 0.0827 e. The molecule has 0 saturated carbocycles. The molecule has 0 fully saturated rings. The quantitative estimate of drug-likeness (QED) is 0.769. The summed E-state index contributed by atoms with van der Waals surface area (Å²) in [6, 6.07) is 6.21. The SMILES string of the molecule is Cc1cccc(C)c1-n1cc(N)c(C)n1. The van der Waals surface area contributed by atoms with Crippen molar-refractivity contribution in [1.29, 1.82) is 0 Å². The lowest BCUT2D eigenvalue weighted by Gasteiger charge is -2.08. The number of nitrogens with two attached hydrogens (primary N) is 1. The first-order chi connectivity index (χ1) is 7.09. The highest BCUT2D eigenvalue weighted by atomic mass is 15.3. The molecule has 1 heterocycles. The summed E-state index contributed by atoms with van der Waals surface area (Å²) in [5.41, 5.74) is 10.9. The van der Waals surface area contributed by atoms with E-state index >= 15 is 0 Å². The maximum atomic E-state index is 5.79. The van der Waals surface area contributed by atoms with Crippen molar-refractivity contribution in [1.82, 2.24) is 9.78 Å². The van der Waals surface area contributed by atoms with Gasteiger partial charge < -0.3 is 5.73 Å². The van der Waals surface area contributed by atoms with Gasteiger partial charge >= 0.3 is 0 Å². The summed E-state index contributed by atoms with van der Waals surface area (Å²) < 4.78 is 1.86. The molecule has 0 aliphatic carbocycles. The maximum absolute atomic E-state index is 5.79. The van der Waals surface area contributed by atoms with Crippen LogP contribution in [0.5, 0.6) is 0 Å². The molecule has 1 aromatic heterocycles. The van der Waals surface area contributed by atoms with Crippen LogP contribution in [-0.4, -0.2) is 9.78 Å². The Balaban J connectivity index is 2.63. The number of hydrogen-bond acceptors (Lipinski definition) is 2. The normalized spacial score (nSPS) is 10.6. The van der Waals surface area contributed by atoms with Crippen molar-refractivity contribution in [2.24, 2.45) is 0 Å². The Kier molecular flexibility index (Phi) is 2.23. The fourth-order valence-electron chi connectivity index (χ4n) is 1.75. The minimum atomic E-state index is 0.734. The van der Waals surface area contributed by atoms with Gasteiger partial charge in [0.25, 0.3) is 0 Å². The largest absolute Gasteiger partial charge is 0.396 e. The third-order valence-corrected chi connectivity index (χ3v) is 2.61. The van der Waals surface area contributed by atoms with E-state index in [2.05, 4.69) is 31.1 Å². The molecule has 3 heteroatoms. The Bertz CT molecular complexity index is 458. The molecule has 78 valence electrons. The zero-order valence-electron chi connectivity index (χ0n) is 9.28. The van der Waals surface area contributed by atoms with E-state index in [4.69, 9.17) is 5.73 Å². The van der Waals surface area contributed by atoms with Gasteiger partial charge in [-0.1, -0.05) is 18.2 Å². The molecule has 3 nitrogen and oxygen atoms in total. The summed E-state index contributed by atoms with van der Waals surface area (Å²) in [7, 11) is 0. The Morgan fingerprint density at radius 3 is 2.20 bits per heavy atom. The van der Waals surface area contributed by atoms with Crippen molar-refractivity contribution in [3.05, 3.63) is 41.2 Å². The average Bonchev–Trinajstić information content (AvgIpc) is 2.46. The molecule has 2 N–H and O–H groups in total. The van der Waals surface area contributed by atoms with Gasteiger partial charge in [0.1, 0.15) is 0 Å². The highest BCUT2D eigenvalue weighted by molar-refractivity contribution is 5.50. The van der Waals surface area contributed by atoms with Crippen LogP contribution < -0.4 is 5.73 Å². The lowest BCUT2D eigenvalue weighted by molar-refractivity contribution is 0.849. The number of benzene rings is 1. The van der Waals surface area contributed by atoms with E-state index in [1.807, 2.05) is 23.9 Å². The summed E-state index contributed by atoms with van der Waals surface area (Å²) in [5.74, 6) is 0. The molecule has 2 rings (SSSR count). The van der Waals surface area contributed by atoms with E-state index in [0.29, 0.717) is 0 Å². The van der Waals surface area contributed by atoms with E-state index in [1.165, 1.54) is 11.1 Å². The number of rotatable bonds is 1. The van der Waals surface area contributed by atoms with Crippen LogP contribution in [-0.2, 0) is 0 Å². The number of aromatic nitrogens is 2. The van der Waals surface area contributed by atoms with E-state index < -0.39 is 0 Å². The van der Waals surface area contributed by atoms with E-state index in [1.54, 1.807) is 0 Å². The van der Waals surface area contributed by atoms with Crippen LogP contribution in [0.25, 0.3) is 5.69 Å². The first kappa shape index (κ1) is 9.77. The second-order valence-electron chi connectivity index (χ2n) is 3.85. The second-order valence-corrected chi connectivity index (χ2v) is 3.85. The van der Waals surface area contributed by atoms with Crippen molar-refractivity contribution in [2.45, 2.75) is 20.8 Å². The first-order valence-corrected chi connectivity index (χ1v) is 4.98. The van der Waals surface area contributed by atoms with Gasteiger partial charge in [0.05, 0.1) is 23.3 Å². The summed E-state index contributed by atoms with van der Waals surface area (Å²) in [4.78, 5) is 0. The number of anilines is 1. The lowest BCUT2D eigenvalue weighted by Crippen LogP contribution is -2.00. The van der Waals surface area contributed by atoms with Crippen molar-refractivity contribution in [2.75, 3.05) is 5.73 Å². The average molecular weight is 201 g/mol. The molecule has 0 bridgehead atoms. The number of hydrogen-bond donors (Lipinski definition) is 1. The predicted molar refractivity (Wildman–Crippen MR) is 62.2 cm³/mol. The third kappa shape index (κ3) is 1.61. The van der Waals surface area contributed by atoms with Gasteiger partial charge in [0, 0.05) is 0 Å². The summed E-state index contributed by atoms with van der Waals surface area (Å²) in [5, 5.41) is 4.39. The topological polar surface area (TPSA) is 43.8 Å². The van der Waals surface area contributed by atoms with Crippen molar-refractivity contribution in [3.63, 3.8) is 0 Å². The minimum absolute atomic E-state index is 0.734. The predicted octanol–water partition coefficient (Wildman–Crippen LogP) is 2.38. The van der Waals surface area contributed by atoms with E-state index in [9.17, 15) is 0 Å². The van der Waals surface area contributed by atoms with Crippen LogP contribution in [0, 0.1) is 20.8 Å². The van der Waals surface area contributed by atoms with Gasteiger partial charge in [-0.2, -0.15) is 5.10 Å². The van der Waals surface area contributed by atoms with Gasteiger partial charge in [-0.25, -0.2) is 4.68 Å². The van der Waals surface area contributed by atoms with Gasteiger partial charge in [-0.15, -0.1) is 0 Å². The zero-order valence-corrected chi connectivity index (χ0v) is 9.28. The Hall–Kier alpha value is -1.77. The van der Waals surface area contributed by atoms with Crippen molar-refractivity contribution >= 4 is 5.69 Å². The Labute approximate surface area is 89.5 Å². The van der Waals surface area contributed by atoms with Gasteiger partial charge in [0.15, 0.2) is 0 Å². The van der Waals surface area contributed by atoms with Crippen LogP contribution in [0.2, 0.25) is 0 Å². The number of aryl methyl sites for hydroxylation is 3. The molecular formula is C12H15N3. The minimum Gasteiger partial charge on any atom is -0.396 e. The van der Waals surface area contributed by atoms with Gasteiger partial charge in [0.2, 0.25) is 0 Å². The molecule has 0 aliphatic heterocycles. The van der Waals surface area contributed by atoms with E-state index in [-0.39, 0.29) is 0 Å². The first-order valence-electron chi connectivity index (χ1n) is 4.98. The fourth-order valence-corrected chi connectivity index (χ4v) is 1.75. The summed E-state index contributed by atoms with van der Waals surface area (Å²) in [6.07, 6.45) is 1.87. The van der Waals surface area contributed by atoms with Crippen LogP contribution >= 0.6 is 0 Å². The van der Waals surface area contributed by atoms with Gasteiger partial charge in [-0.05, 0) is 31.9 Å². The Morgan fingerprint density at radius 1 is 1.13 bits per heavy atom. The summed E-state index contributed by atoms with van der Waals surface area (Å²) in [6.45, 7) is 6.07. The third-order valence-electron chi connectivity index (χ3n) is 2.61. The highest BCUT2D eigenvalue weighted by Gasteiger charge is 2.07. The Morgan fingerprint density at radius 2 is 1.73 bits per heavy atom. The lowest BCUT2D eigenvalue weighted by atomic mass is 10.1. The molecular weight excluding hydrogens is 186 g/mol. The molecule has 0 radical (unpaired) electrons. The fraction of sp³-hybridized carbons (Fsp3) is 0.250. The van der Waals surface area contributed by atoms with Crippen LogP contribution in [0.1, 0.15) is 16.8 Å². The second kappa shape index (κ2) is 3.42. The van der Waals surface area contributed by atoms with E-state index in [0.717, 1.165) is 17.1 Å². The molecule has 1 aromatic carbocycles. The zero-order chi connectivity index (χ0) is 11.0. The highest BCUT2D eigenvalue weighted by Crippen LogP contribution is 2.20. The molecule has 0 saturated heterocycles. The molecule has 0 atom stereocenters. The molecule has 0 unspecified atom stereocenters. The monoisotopic (exact) mass is 201 g/mol. The smallest absolute Gasteiger partial charge is 0.0827 e. The van der Waals surface area contributed by atoms with Crippen molar-refractivity contribution < 1.29 is 0 Å². The van der Waals surface area contributed by atoms with Gasteiger partial charge in [-0.3, -0.25) is 0 Å². The number of para-hydroxylation sites is 1. The van der Waals surface area contributed by atoms with Crippen LogP contribution in [0.3, 0.4) is 0 Å². The molecule has 2 aromatic rings. The number of nitrogen functional groups attached to an aromatic ring is 1. The standard InChI is InChI=1S/C12H15N3/c1-8-5-4-6-9(2)12(8)15-7-11(13)10(3)14-15/h4-7H,13H2,1-3H3. The summed E-state index contributed by atoms with van der Waals surface area (Å²) >= 11 is 0. The molecule has 0 amide bonds. The molecule has 15 heavy (non-hydrogen) atoms. The molecule has 0 spiro atoms. The van der Waals surface area contributed by atoms with Crippen molar-refractivity contribution in [3.8, 4) is 5.69 Å². The van der Waals surface area contributed by atoms with Crippen LogP contribution in [0.4, 0.5) is 5.69 Å². The molecule has 0 aliphatic rings.